The molecule has 5 nitrogen and oxygen atoms in total. The highest BCUT2D eigenvalue weighted by molar-refractivity contribution is 5.94. The zero-order chi connectivity index (χ0) is 15.6. The van der Waals surface area contributed by atoms with Crippen molar-refractivity contribution in [2.45, 2.75) is 62.6 Å². The van der Waals surface area contributed by atoms with E-state index in [-0.39, 0.29) is 5.91 Å². The Balaban J connectivity index is 1.48. The van der Waals surface area contributed by atoms with Gasteiger partial charge in [0.2, 0.25) is 0 Å². The van der Waals surface area contributed by atoms with Gasteiger partial charge in [-0.1, -0.05) is 0 Å². The third-order valence-corrected chi connectivity index (χ3v) is 6.49. The van der Waals surface area contributed by atoms with Crippen LogP contribution in [0.25, 0.3) is 0 Å². The van der Waals surface area contributed by atoms with E-state index in [1.807, 2.05) is 0 Å². The summed E-state index contributed by atoms with van der Waals surface area (Å²) < 4.78 is 0. The number of aliphatic hydroxyl groups is 1. The van der Waals surface area contributed by atoms with E-state index >= 15 is 0 Å². The van der Waals surface area contributed by atoms with Gasteiger partial charge in [0.25, 0.3) is 5.91 Å². The van der Waals surface area contributed by atoms with Crippen molar-refractivity contribution in [3.8, 4) is 0 Å². The summed E-state index contributed by atoms with van der Waals surface area (Å²) in [5.41, 5.74) is 0.160. The second-order valence-corrected chi connectivity index (χ2v) is 8.26. The van der Waals surface area contributed by atoms with E-state index in [4.69, 9.17) is 0 Å². The van der Waals surface area contributed by atoms with Gasteiger partial charge in [0, 0.05) is 24.5 Å². The fraction of sp³-hybridized carbons (Fsp3) is 0.722. The van der Waals surface area contributed by atoms with Crippen LogP contribution >= 0.6 is 0 Å². The molecule has 6 rings (SSSR count). The van der Waals surface area contributed by atoms with E-state index in [1.54, 1.807) is 12.4 Å². The summed E-state index contributed by atoms with van der Waals surface area (Å²) in [5.74, 6) is 1.71. The molecule has 5 fully saturated rings. The van der Waals surface area contributed by atoms with E-state index < -0.39 is 5.60 Å². The summed E-state index contributed by atoms with van der Waals surface area (Å²) in [7, 11) is 0. The molecule has 1 aromatic rings. The molecule has 0 radical (unpaired) electrons. The summed E-state index contributed by atoms with van der Waals surface area (Å²) in [5, 5.41) is 10.8. The monoisotopic (exact) mass is 313 g/mol. The number of nitrogens with zero attached hydrogens (tertiary/aromatic N) is 3. The van der Waals surface area contributed by atoms with Gasteiger partial charge in [-0.05, 0) is 62.7 Å². The molecule has 2 unspecified atom stereocenters. The van der Waals surface area contributed by atoms with Gasteiger partial charge in [0.15, 0.2) is 0 Å². The molecule has 5 aliphatic rings. The van der Waals surface area contributed by atoms with Crippen molar-refractivity contribution in [2.75, 3.05) is 0 Å². The molecular weight excluding hydrogens is 290 g/mol. The Morgan fingerprint density at radius 2 is 1.78 bits per heavy atom. The molecule has 0 aromatic carbocycles. The quantitative estimate of drug-likeness (QED) is 0.927. The fourth-order valence-corrected chi connectivity index (χ4v) is 5.86. The van der Waals surface area contributed by atoms with Gasteiger partial charge in [-0.2, -0.15) is 0 Å². The van der Waals surface area contributed by atoms with Crippen LogP contribution in [0.3, 0.4) is 0 Å². The molecule has 1 heterocycles. The Bertz CT molecular complexity index is 614. The Morgan fingerprint density at radius 1 is 1.13 bits per heavy atom. The van der Waals surface area contributed by atoms with Crippen molar-refractivity contribution in [1.82, 2.24) is 14.9 Å². The summed E-state index contributed by atoms with van der Waals surface area (Å²) in [6.45, 7) is 0. The average Bonchev–Trinajstić information content (AvgIpc) is 3.34. The number of hydrogen-bond acceptors (Lipinski definition) is 4. The van der Waals surface area contributed by atoms with Gasteiger partial charge < -0.3 is 10.0 Å². The predicted octanol–water partition coefficient (Wildman–Crippen LogP) is 2.02. The van der Waals surface area contributed by atoms with Crippen molar-refractivity contribution >= 4 is 5.91 Å². The lowest BCUT2D eigenvalue weighted by atomic mass is 9.52. The van der Waals surface area contributed by atoms with E-state index in [2.05, 4.69) is 14.9 Å². The van der Waals surface area contributed by atoms with Crippen LogP contribution in [0.2, 0.25) is 0 Å². The van der Waals surface area contributed by atoms with Crippen molar-refractivity contribution in [1.29, 1.82) is 0 Å². The lowest BCUT2D eigenvalue weighted by molar-refractivity contribution is -0.155. The standard InChI is InChI=1S/C18H23N3O2/c22-17(14-8-19-10-20-9-14)21(15-1-2-15)16-12-3-11-4-13(16)7-18(23,5-11)6-12/h8-13,15-16,23H,1-7H2. The first-order valence-electron chi connectivity index (χ1n) is 8.93. The van der Waals surface area contributed by atoms with Crippen LogP contribution in [0.5, 0.6) is 0 Å². The topological polar surface area (TPSA) is 66.3 Å². The van der Waals surface area contributed by atoms with Crippen LogP contribution in [0.4, 0.5) is 0 Å². The molecule has 122 valence electrons. The number of carbonyl (C=O) groups excluding carboxylic acids is 1. The van der Waals surface area contributed by atoms with Crippen molar-refractivity contribution in [3.63, 3.8) is 0 Å². The minimum absolute atomic E-state index is 0.0950. The van der Waals surface area contributed by atoms with Crippen LogP contribution in [0.15, 0.2) is 18.7 Å². The van der Waals surface area contributed by atoms with Gasteiger partial charge in [-0.25, -0.2) is 9.97 Å². The van der Waals surface area contributed by atoms with Gasteiger partial charge in [-0.3, -0.25) is 4.79 Å². The molecule has 5 aliphatic carbocycles. The van der Waals surface area contributed by atoms with E-state index in [1.165, 1.54) is 19.2 Å². The molecule has 0 saturated heterocycles. The van der Waals surface area contributed by atoms with Crippen LogP contribution in [0.1, 0.15) is 55.3 Å². The molecule has 1 amide bonds. The largest absolute Gasteiger partial charge is 0.390 e. The maximum Gasteiger partial charge on any atom is 0.257 e. The molecule has 2 atom stereocenters. The minimum atomic E-state index is -0.443. The molecule has 5 heteroatoms. The Morgan fingerprint density at radius 3 is 2.35 bits per heavy atom. The van der Waals surface area contributed by atoms with Gasteiger partial charge in [-0.15, -0.1) is 0 Å². The maximum atomic E-state index is 13.1. The van der Waals surface area contributed by atoms with Crippen LogP contribution in [-0.4, -0.2) is 43.6 Å². The first-order chi connectivity index (χ1) is 11.1. The molecule has 23 heavy (non-hydrogen) atoms. The van der Waals surface area contributed by atoms with Gasteiger partial charge in [0.1, 0.15) is 6.33 Å². The number of amides is 1. The van der Waals surface area contributed by atoms with Crippen LogP contribution in [0, 0.1) is 17.8 Å². The maximum absolute atomic E-state index is 13.1. The number of carbonyl (C=O) groups is 1. The molecule has 0 aliphatic heterocycles. The van der Waals surface area contributed by atoms with Crippen LogP contribution in [-0.2, 0) is 0 Å². The highest BCUT2D eigenvalue weighted by Gasteiger charge is 2.58. The minimum Gasteiger partial charge on any atom is -0.390 e. The summed E-state index contributed by atoms with van der Waals surface area (Å²) >= 11 is 0. The SMILES string of the molecule is O=C(c1cncnc1)N(C1CC1)C1C2CC3CC1CC(O)(C3)C2. The van der Waals surface area contributed by atoms with Gasteiger partial charge >= 0.3 is 0 Å². The lowest BCUT2D eigenvalue weighted by Crippen LogP contribution is -2.63. The second-order valence-electron chi connectivity index (χ2n) is 8.26. The Hall–Kier alpha value is -1.49. The molecule has 0 spiro atoms. The molecule has 1 N–H and O–H groups in total. The summed E-state index contributed by atoms with van der Waals surface area (Å²) in [4.78, 5) is 23.3. The zero-order valence-corrected chi connectivity index (χ0v) is 13.3. The molecule has 4 bridgehead atoms. The van der Waals surface area contributed by atoms with E-state index in [0.717, 1.165) is 32.1 Å². The molecular formula is C18H23N3O2. The van der Waals surface area contributed by atoms with Crippen molar-refractivity contribution in [2.24, 2.45) is 17.8 Å². The highest BCUT2D eigenvalue weighted by atomic mass is 16.3. The highest BCUT2D eigenvalue weighted by Crippen LogP contribution is 2.58. The third kappa shape index (κ3) is 2.20. The fourth-order valence-electron chi connectivity index (χ4n) is 5.86. The number of rotatable bonds is 3. The van der Waals surface area contributed by atoms with Gasteiger partial charge in [0.05, 0.1) is 11.2 Å². The Kier molecular flexibility index (Phi) is 2.88. The lowest BCUT2D eigenvalue weighted by Gasteiger charge is -2.60. The molecule has 1 aromatic heterocycles. The number of aromatic nitrogens is 2. The smallest absolute Gasteiger partial charge is 0.257 e. The Labute approximate surface area is 136 Å². The van der Waals surface area contributed by atoms with Crippen molar-refractivity contribution in [3.05, 3.63) is 24.3 Å². The van der Waals surface area contributed by atoms with Crippen LogP contribution < -0.4 is 0 Å². The first-order valence-corrected chi connectivity index (χ1v) is 8.93. The van der Waals surface area contributed by atoms with E-state index in [9.17, 15) is 9.90 Å². The molecule has 5 saturated carbocycles. The third-order valence-electron chi connectivity index (χ3n) is 6.49. The number of hydrogen-bond donors (Lipinski definition) is 1. The summed E-state index contributed by atoms with van der Waals surface area (Å²) in [6, 6.07) is 0.701. The summed E-state index contributed by atoms with van der Waals surface area (Å²) in [6.07, 6.45) is 12.1. The zero-order valence-electron chi connectivity index (χ0n) is 13.3. The second kappa shape index (κ2) is 4.76. The van der Waals surface area contributed by atoms with E-state index in [0.29, 0.717) is 35.4 Å². The van der Waals surface area contributed by atoms with Crippen molar-refractivity contribution < 1.29 is 9.90 Å². The average molecular weight is 313 g/mol. The predicted molar refractivity (Wildman–Crippen MR) is 83.5 cm³/mol. The normalized spacial score (nSPS) is 41.1. The first kappa shape index (κ1) is 13.9.